The Hall–Kier alpha value is -2.67. The van der Waals surface area contributed by atoms with Crippen molar-refractivity contribution in [3.63, 3.8) is 0 Å². The number of pyridine rings is 1. The van der Waals surface area contributed by atoms with Gasteiger partial charge in [-0.1, -0.05) is 11.6 Å². The molecule has 0 aliphatic rings. The Balaban J connectivity index is 1.83. The van der Waals surface area contributed by atoms with Gasteiger partial charge in [-0.2, -0.15) is 0 Å². The van der Waals surface area contributed by atoms with Gasteiger partial charge in [-0.3, -0.25) is 0 Å². The highest BCUT2D eigenvalue weighted by molar-refractivity contribution is 6.35. The van der Waals surface area contributed by atoms with Gasteiger partial charge in [0, 0.05) is 16.8 Å². The number of fused-ring (bicyclic) bond motifs is 1. The zero-order valence-corrected chi connectivity index (χ0v) is 12.8. The molecular formula is C16H11ClF3N3O. The van der Waals surface area contributed by atoms with E-state index in [9.17, 15) is 13.2 Å². The van der Waals surface area contributed by atoms with Crippen molar-refractivity contribution in [1.82, 2.24) is 4.98 Å². The van der Waals surface area contributed by atoms with E-state index in [1.165, 1.54) is 24.3 Å². The number of anilines is 3. The van der Waals surface area contributed by atoms with Gasteiger partial charge in [-0.15, -0.1) is 13.2 Å². The molecule has 3 N–H and O–H groups in total. The van der Waals surface area contributed by atoms with Crippen LogP contribution in [0.25, 0.3) is 10.9 Å². The number of nitrogens with zero attached hydrogens (tertiary/aromatic N) is 1. The molecule has 0 amide bonds. The first kappa shape index (κ1) is 16.2. The molecule has 0 saturated heterocycles. The molecule has 0 radical (unpaired) electrons. The molecule has 0 fully saturated rings. The van der Waals surface area contributed by atoms with E-state index in [2.05, 4.69) is 15.0 Å². The molecule has 0 aliphatic carbocycles. The van der Waals surface area contributed by atoms with Gasteiger partial charge in [0.25, 0.3) is 0 Å². The predicted octanol–water partition coefficient (Wildman–Crippen LogP) is 5.11. The van der Waals surface area contributed by atoms with Crippen LogP contribution in [0.3, 0.4) is 0 Å². The van der Waals surface area contributed by atoms with Gasteiger partial charge in [0.2, 0.25) is 0 Å². The van der Waals surface area contributed by atoms with Crippen LogP contribution < -0.4 is 15.8 Å². The van der Waals surface area contributed by atoms with Crippen molar-refractivity contribution >= 4 is 39.7 Å². The normalized spacial score (nSPS) is 11.5. The van der Waals surface area contributed by atoms with Crippen LogP contribution in [0.2, 0.25) is 5.02 Å². The molecule has 0 bridgehead atoms. The van der Waals surface area contributed by atoms with Gasteiger partial charge in [0.05, 0.1) is 10.5 Å². The lowest BCUT2D eigenvalue weighted by atomic mass is 10.2. The SMILES string of the molecule is Nc1ccc(Cl)c2nc(Nc3ccc(OC(F)(F)F)cc3)ccc12. The summed E-state index contributed by atoms with van der Waals surface area (Å²) in [6, 6.07) is 12.1. The number of halogens is 4. The van der Waals surface area contributed by atoms with E-state index in [1.54, 1.807) is 24.3 Å². The van der Waals surface area contributed by atoms with Gasteiger partial charge < -0.3 is 15.8 Å². The Morgan fingerprint density at radius 3 is 2.38 bits per heavy atom. The van der Waals surface area contributed by atoms with E-state index >= 15 is 0 Å². The molecule has 0 unspecified atom stereocenters. The third-order valence-corrected chi connectivity index (χ3v) is 3.51. The molecule has 1 heterocycles. The highest BCUT2D eigenvalue weighted by Crippen LogP contribution is 2.29. The van der Waals surface area contributed by atoms with Crippen molar-refractivity contribution in [2.45, 2.75) is 6.36 Å². The molecule has 4 nitrogen and oxygen atoms in total. The van der Waals surface area contributed by atoms with Crippen LogP contribution in [0.5, 0.6) is 5.75 Å². The quantitative estimate of drug-likeness (QED) is 0.642. The van der Waals surface area contributed by atoms with Gasteiger partial charge in [0.1, 0.15) is 11.6 Å². The van der Waals surface area contributed by atoms with E-state index in [0.29, 0.717) is 27.7 Å². The summed E-state index contributed by atoms with van der Waals surface area (Å²) in [6.07, 6.45) is -4.72. The van der Waals surface area contributed by atoms with E-state index in [-0.39, 0.29) is 5.75 Å². The molecule has 1 aromatic heterocycles. The van der Waals surface area contributed by atoms with E-state index < -0.39 is 6.36 Å². The molecule has 124 valence electrons. The number of hydrogen-bond acceptors (Lipinski definition) is 4. The third-order valence-electron chi connectivity index (χ3n) is 3.20. The lowest BCUT2D eigenvalue weighted by molar-refractivity contribution is -0.274. The van der Waals surface area contributed by atoms with Gasteiger partial charge in [-0.05, 0) is 48.5 Å². The number of rotatable bonds is 3. The number of aromatic nitrogens is 1. The first-order chi connectivity index (χ1) is 11.3. The Morgan fingerprint density at radius 1 is 1.00 bits per heavy atom. The van der Waals surface area contributed by atoms with Gasteiger partial charge >= 0.3 is 6.36 Å². The highest BCUT2D eigenvalue weighted by atomic mass is 35.5. The summed E-state index contributed by atoms with van der Waals surface area (Å²) >= 11 is 6.12. The largest absolute Gasteiger partial charge is 0.573 e. The lowest BCUT2D eigenvalue weighted by Gasteiger charge is -2.11. The zero-order valence-electron chi connectivity index (χ0n) is 12.1. The number of nitrogen functional groups attached to an aromatic ring is 1. The average Bonchev–Trinajstić information content (AvgIpc) is 2.52. The fourth-order valence-electron chi connectivity index (χ4n) is 2.16. The van der Waals surface area contributed by atoms with Crippen molar-refractivity contribution in [2.24, 2.45) is 0 Å². The minimum absolute atomic E-state index is 0.296. The lowest BCUT2D eigenvalue weighted by Crippen LogP contribution is -2.16. The Morgan fingerprint density at radius 2 is 1.71 bits per heavy atom. The number of nitrogens with two attached hydrogens (primary N) is 1. The summed E-state index contributed by atoms with van der Waals surface area (Å²) < 4.78 is 40.2. The molecule has 0 spiro atoms. The number of benzene rings is 2. The predicted molar refractivity (Wildman–Crippen MR) is 87.6 cm³/mol. The van der Waals surface area contributed by atoms with Gasteiger partial charge in [0.15, 0.2) is 0 Å². The van der Waals surface area contributed by atoms with Crippen molar-refractivity contribution in [3.8, 4) is 5.75 Å². The maximum Gasteiger partial charge on any atom is 0.573 e. The van der Waals surface area contributed by atoms with Crippen LogP contribution >= 0.6 is 11.6 Å². The third kappa shape index (κ3) is 3.62. The molecule has 3 aromatic rings. The summed E-state index contributed by atoms with van der Waals surface area (Å²) in [5, 5.41) is 4.16. The summed E-state index contributed by atoms with van der Waals surface area (Å²) in [5.74, 6) is 0.190. The number of alkyl halides is 3. The number of ether oxygens (including phenoxy) is 1. The summed E-state index contributed by atoms with van der Waals surface area (Å²) in [7, 11) is 0. The summed E-state index contributed by atoms with van der Waals surface area (Å²) in [4.78, 5) is 4.38. The monoisotopic (exact) mass is 353 g/mol. The summed E-state index contributed by atoms with van der Waals surface area (Å²) in [5.41, 5.74) is 7.52. The second-order valence-electron chi connectivity index (χ2n) is 4.93. The maximum absolute atomic E-state index is 12.1. The first-order valence-corrected chi connectivity index (χ1v) is 7.17. The second kappa shape index (κ2) is 6.09. The van der Waals surface area contributed by atoms with Crippen molar-refractivity contribution in [3.05, 3.63) is 53.6 Å². The fraction of sp³-hybridized carbons (Fsp3) is 0.0625. The molecule has 3 rings (SSSR count). The average molecular weight is 354 g/mol. The van der Waals surface area contributed by atoms with E-state index in [4.69, 9.17) is 17.3 Å². The van der Waals surface area contributed by atoms with Crippen LogP contribution in [-0.2, 0) is 0 Å². The number of nitrogens with one attached hydrogen (secondary N) is 1. The van der Waals surface area contributed by atoms with Crippen molar-refractivity contribution in [2.75, 3.05) is 11.1 Å². The Bertz CT molecular complexity index is 882. The second-order valence-corrected chi connectivity index (χ2v) is 5.33. The van der Waals surface area contributed by atoms with E-state index in [0.717, 1.165) is 5.39 Å². The Kier molecular flexibility index (Phi) is 4.11. The van der Waals surface area contributed by atoms with Gasteiger partial charge in [-0.25, -0.2) is 4.98 Å². The smallest absolute Gasteiger partial charge is 0.406 e. The molecule has 0 aliphatic heterocycles. The highest BCUT2D eigenvalue weighted by Gasteiger charge is 2.30. The zero-order chi connectivity index (χ0) is 17.3. The molecule has 0 saturated carbocycles. The minimum Gasteiger partial charge on any atom is -0.406 e. The standard InChI is InChI=1S/C16H11ClF3N3O/c17-12-6-7-13(21)11-5-8-14(23-15(11)12)22-9-1-3-10(4-2-9)24-16(18,19)20/h1-8H,21H2,(H,22,23). The topological polar surface area (TPSA) is 60.2 Å². The van der Waals surface area contributed by atoms with Crippen LogP contribution in [-0.4, -0.2) is 11.3 Å². The summed E-state index contributed by atoms with van der Waals surface area (Å²) in [6.45, 7) is 0. The van der Waals surface area contributed by atoms with Crippen LogP contribution in [0.4, 0.5) is 30.4 Å². The molecule has 8 heteroatoms. The molecule has 0 atom stereocenters. The van der Waals surface area contributed by atoms with Crippen LogP contribution in [0, 0.1) is 0 Å². The maximum atomic E-state index is 12.1. The molecule has 2 aromatic carbocycles. The minimum atomic E-state index is -4.72. The fourth-order valence-corrected chi connectivity index (χ4v) is 2.37. The number of hydrogen-bond donors (Lipinski definition) is 2. The van der Waals surface area contributed by atoms with E-state index in [1.807, 2.05) is 0 Å². The van der Waals surface area contributed by atoms with Crippen LogP contribution in [0.1, 0.15) is 0 Å². The first-order valence-electron chi connectivity index (χ1n) is 6.79. The Labute approximate surface area is 140 Å². The van der Waals surface area contributed by atoms with Crippen molar-refractivity contribution in [1.29, 1.82) is 0 Å². The molecular weight excluding hydrogens is 343 g/mol. The van der Waals surface area contributed by atoms with Crippen LogP contribution in [0.15, 0.2) is 48.5 Å². The van der Waals surface area contributed by atoms with Crippen molar-refractivity contribution < 1.29 is 17.9 Å². The molecule has 24 heavy (non-hydrogen) atoms.